The molecule has 0 aliphatic heterocycles. The Morgan fingerprint density at radius 1 is 0.806 bits per heavy atom. The number of nitrogen functional groups attached to an aromatic ring is 1. The average molecular weight is 406 g/mol. The molecule has 0 aliphatic carbocycles. The summed E-state index contributed by atoms with van der Waals surface area (Å²) in [6.07, 6.45) is 6.92. The predicted octanol–water partition coefficient (Wildman–Crippen LogP) is 4.11. The summed E-state index contributed by atoms with van der Waals surface area (Å²) in [7, 11) is 0. The molecule has 0 aliphatic rings. The molecule has 0 radical (unpaired) electrons. The van der Waals surface area contributed by atoms with Crippen molar-refractivity contribution in [2.45, 2.75) is 0 Å². The van der Waals surface area contributed by atoms with Crippen LogP contribution >= 0.6 is 0 Å². The molecular weight excluding hydrogens is 388 g/mol. The summed E-state index contributed by atoms with van der Waals surface area (Å²) >= 11 is 0. The highest BCUT2D eigenvalue weighted by Crippen LogP contribution is 2.26. The quantitative estimate of drug-likeness (QED) is 0.452. The Bertz CT molecular complexity index is 1300. The molecule has 31 heavy (non-hydrogen) atoms. The van der Waals surface area contributed by atoms with Crippen molar-refractivity contribution in [2.75, 3.05) is 11.1 Å². The molecule has 0 atom stereocenters. The van der Waals surface area contributed by atoms with Crippen molar-refractivity contribution >= 4 is 17.2 Å². The Kier molecular flexibility index (Phi) is 4.78. The first-order valence-corrected chi connectivity index (χ1v) is 9.65. The van der Waals surface area contributed by atoms with Crippen molar-refractivity contribution in [1.82, 2.24) is 29.7 Å². The summed E-state index contributed by atoms with van der Waals surface area (Å²) in [6.45, 7) is 0. The van der Waals surface area contributed by atoms with Gasteiger partial charge in [0.05, 0.1) is 11.4 Å². The topological polar surface area (TPSA) is 107 Å². The summed E-state index contributed by atoms with van der Waals surface area (Å²) in [6, 6.07) is 20.9. The van der Waals surface area contributed by atoms with Gasteiger partial charge in [-0.15, -0.1) is 5.10 Å². The standard InChI is InChI=1S/C23H18N8/c24-19-6-4-14-27-21(19)28-17-8-10-18(11-9-17)31-23(16-5-3-12-25-15-16)29-22(30-31)20-7-1-2-13-26-20/h1-15H,24H2,(H,27,28). The third-order valence-corrected chi connectivity index (χ3v) is 4.63. The predicted molar refractivity (Wildman–Crippen MR) is 120 cm³/mol. The van der Waals surface area contributed by atoms with Gasteiger partial charge in [0.15, 0.2) is 11.6 Å². The Morgan fingerprint density at radius 3 is 2.39 bits per heavy atom. The second-order valence-corrected chi connectivity index (χ2v) is 6.74. The highest BCUT2D eigenvalue weighted by atomic mass is 15.4. The van der Waals surface area contributed by atoms with E-state index in [2.05, 4.69) is 20.3 Å². The number of rotatable bonds is 5. The average Bonchev–Trinajstić information content (AvgIpc) is 3.28. The molecule has 0 fully saturated rings. The van der Waals surface area contributed by atoms with E-state index in [0.29, 0.717) is 28.8 Å². The maximum Gasteiger partial charge on any atom is 0.200 e. The molecule has 4 aromatic heterocycles. The van der Waals surface area contributed by atoms with E-state index in [-0.39, 0.29) is 0 Å². The minimum absolute atomic E-state index is 0.544. The van der Waals surface area contributed by atoms with Crippen molar-refractivity contribution < 1.29 is 0 Å². The largest absolute Gasteiger partial charge is 0.396 e. The third kappa shape index (κ3) is 3.82. The van der Waals surface area contributed by atoms with Crippen molar-refractivity contribution in [3.05, 3.63) is 91.5 Å². The van der Waals surface area contributed by atoms with E-state index < -0.39 is 0 Å². The Morgan fingerprint density at radius 2 is 1.65 bits per heavy atom. The SMILES string of the molecule is Nc1cccnc1Nc1ccc(-n2nc(-c3ccccn3)nc2-c2cccnc2)cc1. The summed E-state index contributed by atoms with van der Waals surface area (Å²) in [5, 5.41) is 7.94. The highest BCUT2D eigenvalue weighted by molar-refractivity contribution is 5.69. The van der Waals surface area contributed by atoms with Crippen LogP contribution in [0.25, 0.3) is 28.6 Å². The van der Waals surface area contributed by atoms with Crippen LogP contribution in [0.3, 0.4) is 0 Å². The first kappa shape index (κ1) is 18.4. The lowest BCUT2D eigenvalue weighted by molar-refractivity contribution is 0.888. The molecule has 0 bridgehead atoms. The fourth-order valence-electron chi connectivity index (χ4n) is 3.12. The van der Waals surface area contributed by atoms with Crippen LogP contribution in [0, 0.1) is 0 Å². The number of nitrogens with one attached hydrogen (secondary N) is 1. The Labute approximate surface area is 178 Å². The summed E-state index contributed by atoms with van der Waals surface area (Å²) in [5.41, 5.74) is 9.84. The molecule has 0 saturated carbocycles. The van der Waals surface area contributed by atoms with E-state index in [1.165, 1.54) is 0 Å². The number of hydrogen-bond acceptors (Lipinski definition) is 7. The monoisotopic (exact) mass is 406 g/mol. The van der Waals surface area contributed by atoms with Crippen molar-refractivity contribution in [3.8, 4) is 28.6 Å². The molecule has 8 nitrogen and oxygen atoms in total. The lowest BCUT2D eigenvalue weighted by Crippen LogP contribution is -2.01. The fourth-order valence-corrected chi connectivity index (χ4v) is 3.12. The third-order valence-electron chi connectivity index (χ3n) is 4.63. The number of aromatic nitrogens is 6. The molecule has 5 rings (SSSR count). The van der Waals surface area contributed by atoms with Gasteiger partial charge in [0.25, 0.3) is 0 Å². The van der Waals surface area contributed by atoms with E-state index in [4.69, 9.17) is 15.8 Å². The zero-order chi connectivity index (χ0) is 21.0. The van der Waals surface area contributed by atoms with E-state index in [9.17, 15) is 0 Å². The Balaban J connectivity index is 1.53. The van der Waals surface area contributed by atoms with Gasteiger partial charge in [0.2, 0.25) is 5.82 Å². The lowest BCUT2D eigenvalue weighted by atomic mass is 10.2. The van der Waals surface area contributed by atoms with Crippen LogP contribution in [-0.2, 0) is 0 Å². The molecule has 0 unspecified atom stereocenters. The number of nitrogens with two attached hydrogens (primary N) is 1. The van der Waals surface area contributed by atoms with Crippen molar-refractivity contribution in [3.63, 3.8) is 0 Å². The normalized spacial score (nSPS) is 10.7. The molecule has 150 valence electrons. The minimum atomic E-state index is 0.544. The Hall–Kier alpha value is -4.59. The van der Waals surface area contributed by atoms with Gasteiger partial charge in [-0.1, -0.05) is 6.07 Å². The van der Waals surface area contributed by atoms with E-state index in [1.807, 2.05) is 54.6 Å². The molecule has 4 heterocycles. The molecule has 0 spiro atoms. The first-order valence-electron chi connectivity index (χ1n) is 9.65. The van der Waals surface area contributed by atoms with Gasteiger partial charge >= 0.3 is 0 Å². The lowest BCUT2D eigenvalue weighted by Gasteiger charge is -2.10. The smallest absolute Gasteiger partial charge is 0.200 e. The number of pyridine rings is 3. The van der Waals surface area contributed by atoms with Crippen LogP contribution in [0.1, 0.15) is 0 Å². The van der Waals surface area contributed by atoms with Gasteiger partial charge in [-0.05, 0) is 60.7 Å². The van der Waals surface area contributed by atoms with E-state index >= 15 is 0 Å². The number of anilines is 3. The minimum Gasteiger partial charge on any atom is -0.396 e. The van der Waals surface area contributed by atoms with Gasteiger partial charge in [-0.25, -0.2) is 14.6 Å². The van der Waals surface area contributed by atoms with Gasteiger partial charge < -0.3 is 11.1 Å². The molecule has 3 N–H and O–H groups in total. The fraction of sp³-hybridized carbons (Fsp3) is 0. The van der Waals surface area contributed by atoms with E-state index in [1.54, 1.807) is 41.6 Å². The first-order chi connectivity index (χ1) is 15.3. The highest BCUT2D eigenvalue weighted by Gasteiger charge is 2.16. The molecule has 0 saturated heterocycles. The number of nitrogens with zero attached hydrogens (tertiary/aromatic N) is 6. The van der Waals surface area contributed by atoms with Gasteiger partial charge in [-0.2, -0.15) is 0 Å². The van der Waals surface area contributed by atoms with Crippen LogP contribution in [0.4, 0.5) is 17.2 Å². The molecule has 0 amide bonds. The van der Waals surface area contributed by atoms with Crippen LogP contribution in [0.5, 0.6) is 0 Å². The second kappa shape index (κ2) is 8.03. The molecular formula is C23H18N8. The molecule has 8 heteroatoms. The van der Waals surface area contributed by atoms with Crippen LogP contribution in [-0.4, -0.2) is 29.7 Å². The summed E-state index contributed by atoms with van der Waals surface area (Å²) in [4.78, 5) is 17.6. The molecule has 5 aromatic rings. The maximum absolute atomic E-state index is 5.97. The van der Waals surface area contributed by atoms with Gasteiger partial charge in [0, 0.05) is 36.0 Å². The van der Waals surface area contributed by atoms with Crippen LogP contribution < -0.4 is 11.1 Å². The molecule has 1 aromatic carbocycles. The number of hydrogen-bond donors (Lipinski definition) is 2. The van der Waals surface area contributed by atoms with Crippen molar-refractivity contribution in [2.24, 2.45) is 0 Å². The van der Waals surface area contributed by atoms with Gasteiger partial charge in [-0.3, -0.25) is 9.97 Å². The van der Waals surface area contributed by atoms with Gasteiger partial charge in [0.1, 0.15) is 5.69 Å². The van der Waals surface area contributed by atoms with E-state index in [0.717, 1.165) is 16.9 Å². The zero-order valence-corrected chi connectivity index (χ0v) is 16.4. The summed E-state index contributed by atoms with van der Waals surface area (Å²) in [5.74, 6) is 1.84. The van der Waals surface area contributed by atoms with Crippen molar-refractivity contribution in [1.29, 1.82) is 0 Å². The van der Waals surface area contributed by atoms with Crippen LogP contribution in [0.15, 0.2) is 91.5 Å². The zero-order valence-electron chi connectivity index (χ0n) is 16.4. The summed E-state index contributed by atoms with van der Waals surface area (Å²) < 4.78 is 1.79. The van der Waals surface area contributed by atoms with Crippen LogP contribution in [0.2, 0.25) is 0 Å². The second-order valence-electron chi connectivity index (χ2n) is 6.74. The maximum atomic E-state index is 5.97. The number of benzene rings is 1.